The van der Waals surface area contributed by atoms with Gasteiger partial charge in [0.15, 0.2) is 17.3 Å². The van der Waals surface area contributed by atoms with Gasteiger partial charge in [-0.25, -0.2) is 4.98 Å². The van der Waals surface area contributed by atoms with E-state index in [1.807, 2.05) is 5.32 Å². The highest BCUT2D eigenvalue weighted by atomic mass is 32.1. The van der Waals surface area contributed by atoms with Gasteiger partial charge in [-0.15, -0.1) is 21.5 Å². The summed E-state index contributed by atoms with van der Waals surface area (Å²) in [5, 5.41) is 16.0. The first-order valence-corrected chi connectivity index (χ1v) is 11.8. The Morgan fingerprint density at radius 1 is 1.19 bits per heavy atom. The minimum Gasteiger partial charge on any atom is -0.494 e. The smallest absolute Gasteiger partial charge is 0.273 e. The van der Waals surface area contributed by atoms with E-state index in [1.54, 1.807) is 39.2 Å². The molecule has 0 radical (unpaired) electrons. The molecule has 2 heterocycles. The van der Waals surface area contributed by atoms with Crippen LogP contribution in [0, 0.1) is 12.8 Å². The third-order valence-corrected chi connectivity index (χ3v) is 6.62. The van der Waals surface area contributed by atoms with Gasteiger partial charge in [0, 0.05) is 37.2 Å². The van der Waals surface area contributed by atoms with E-state index in [9.17, 15) is 14.4 Å². The van der Waals surface area contributed by atoms with Crippen LogP contribution in [-0.4, -0.2) is 66.0 Å². The number of aryl methyl sites for hydroxylation is 1. The molecule has 1 aromatic carbocycles. The van der Waals surface area contributed by atoms with E-state index < -0.39 is 12.9 Å². The summed E-state index contributed by atoms with van der Waals surface area (Å²) in [6.07, 6.45) is 1.57. The van der Waals surface area contributed by atoms with Gasteiger partial charge in [0.2, 0.25) is 5.91 Å². The molecule has 1 aliphatic rings. The number of para-hydroxylation sites is 1. The predicted octanol–water partition coefficient (Wildman–Crippen LogP) is 3.07. The van der Waals surface area contributed by atoms with Gasteiger partial charge < -0.3 is 25.6 Å². The third-order valence-electron chi connectivity index (χ3n) is 5.44. The summed E-state index contributed by atoms with van der Waals surface area (Å²) < 4.78 is 27.8. The van der Waals surface area contributed by atoms with Gasteiger partial charge >= 0.3 is 0 Å². The highest BCUT2D eigenvalue weighted by Gasteiger charge is 2.30. The quantitative estimate of drug-likeness (QED) is 0.419. The second-order valence-corrected chi connectivity index (χ2v) is 9.35. The Morgan fingerprint density at radius 3 is 2.64 bits per heavy atom. The number of thiazole rings is 1. The lowest BCUT2D eigenvalue weighted by molar-refractivity contribution is -0.117. The van der Waals surface area contributed by atoms with Crippen LogP contribution in [0.25, 0.3) is 10.6 Å². The lowest BCUT2D eigenvalue weighted by Gasteiger charge is -2.16. The summed E-state index contributed by atoms with van der Waals surface area (Å²) >= 11 is 1.22. The number of methoxy groups -OCH3 is 1. The maximum Gasteiger partial charge on any atom is 0.273 e. The average Bonchev–Trinajstić information content (AvgIpc) is 3.64. The summed E-state index contributed by atoms with van der Waals surface area (Å²) in [7, 11) is 4.79. The fourth-order valence-corrected chi connectivity index (χ4v) is 4.54. The van der Waals surface area contributed by atoms with Crippen molar-refractivity contribution in [3.05, 3.63) is 40.5 Å². The minimum atomic E-state index is -2.75. The third kappa shape index (κ3) is 5.13. The number of carbonyl (C=O) groups excluding carboxylic acids is 3. The van der Waals surface area contributed by atoms with Gasteiger partial charge in [0.25, 0.3) is 11.8 Å². The van der Waals surface area contributed by atoms with E-state index in [0.29, 0.717) is 32.6 Å². The molecular formula is C24H27N7O4S. The number of nitrogens with one attached hydrogen (secondary N) is 3. The molecule has 1 saturated carbocycles. The van der Waals surface area contributed by atoms with Crippen LogP contribution in [-0.2, 0) is 4.79 Å². The van der Waals surface area contributed by atoms with Crippen LogP contribution in [0.15, 0.2) is 24.3 Å². The minimum absolute atomic E-state index is 0.0899. The number of amides is 3. The summed E-state index contributed by atoms with van der Waals surface area (Å²) in [4.78, 5) is 44.1. The van der Waals surface area contributed by atoms with Gasteiger partial charge in [0.1, 0.15) is 9.88 Å². The van der Waals surface area contributed by atoms with E-state index in [2.05, 4.69) is 25.8 Å². The predicted molar refractivity (Wildman–Crippen MR) is 137 cm³/mol. The number of ether oxygens (including phenoxy) is 1. The number of aromatic nitrogens is 3. The molecule has 4 rings (SSSR count). The number of hydrogen-bond acceptors (Lipinski definition) is 9. The molecule has 3 amide bonds. The normalized spacial score (nSPS) is 14.2. The Labute approximate surface area is 216 Å². The van der Waals surface area contributed by atoms with E-state index in [0.717, 1.165) is 12.8 Å². The summed E-state index contributed by atoms with van der Waals surface area (Å²) in [5.74, 6) is -1.00. The van der Waals surface area contributed by atoms with Crippen LogP contribution in [0.3, 0.4) is 0 Å². The van der Waals surface area contributed by atoms with E-state index in [1.165, 1.54) is 29.4 Å². The Bertz CT molecular complexity index is 1440. The fraction of sp³-hybridized carbons (Fsp3) is 0.333. The van der Waals surface area contributed by atoms with E-state index >= 15 is 0 Å². The van der Waals surface area contributed by atoms with Crippen molar-refractivity contribution >= 4 is 46.3 Å². The molecule has 12 heteroatoms. The lowest BCUT2D eigenvalue weighted by Crippen LogP contribution is -2.22. The van der Waals surface area contributed by atoms with Crippen molar-refractivity contribution in [2.24, 2.45) is 5.92 Å². The number of anilines is 3. The first-order valence-electron chi connectivity index (χ1n) is 12.5. The van der Waals surface area contributed by atoms with Crippen molar-refractivity contribution in [3.8, 4) is 16.3 Å². The van der Waals surface area contributed by atoms with E-state index in [4.69, 9.17) is 8.85 Å². The zero-order chi connectivity index (χ0) is 28.5. The van der Waals surface area contributed by atoms with Crippen molar-refractivity contribution in [2.75, 3.05) is 38.8 Å². The zero-order valence-electron chi connectivity index (χ0n) is 23.1. The molecular weight excluding hydrogens is 482 g/mol. The molecule has 3 aromatic rings. The number of nitrogens with zero attached hydrogens (tertiary/aromatic N) is 4. The molecule has 0 spiro atoms. The number of rotatable bonds is 8. The summed E-state index contributed by atoms with van der Waals surface area (Å²) in [5.41, 5.74) is 1.36. The molecule has 1 fully saturated rings. The lowest BCUT2D eigenvalue weighted by atomic mass is 10.1. The standard InChI is InChI=1S/C24H27N7O4S/c1-12-20(24(34)31(3)4)36-23(26-12)14-7-6-8-15(19(14)35-5)27-16-11-17(28-21(32)13-9-10-13)29-30-18(16)22(33)25-2/h6-8,11,13H,9-10H2,1-5H3,(H,25,33)(H2,27,28,29,32)/i2D3. The zero-order valence-corrected chi connectivity index (χ0v) is 20.9. The molecule has 1 aliphatic carbocycles. The highest BCUT2D eigenvalue weighted by Crippen LogP contribution is 2.41. The maximum absolute atomic E-state index is 12.7. The van der Waals surface area contributed by atoms with Crippen LogP contribution in [0.2, 0.25) is 0 Å². The Kier molecular flexibility index (Phi) is 6.07. The second kappa shape index (κ2) is 10.3. The van der Waals surface area contributed by atoms with Gasteiger partial charge in [-0.2, -0.15) is 0 Å². The average molecular weight is 513 g/mol. The molecule has 0 saturated heterocycles. The van der Waals surface area contributed by atoms with Gasteiger partial charge in [-0.3, -0.25) is 14.4 Å². The fourth-order valence-electron chi connectivity index (χ4n) is 3.43. The van der Waals surface area contributed by atoms with Crippen molar-refractivity contribution in [3.63, 3.8) is 0 Å². The van der Waals surface area contributed by atoms with Gasteiger partial charge in [-0.05, 0) is 31.9 Å². The number of benzene rings is 1. The van der Waals surface area contributed by atoms with E-state index in [-0.39, 0.29) is 34.9 Å². The highest BCUT2D eigenvalue weighted by molar-refractivity contribution is 7.17. The molecule has 36 heavy (non-hydrogen) atoms. The second-order valence-electron chi connectivity index (χ2n) is 8.35. The molecule has 188 valence electrons. The van der Waals surface area contributed by atoms with Gasteiger partial charge in [-0.1, -0.05) is 6.07 Å². The monoisotopic (exact) mass is 512 g/mol. The van der Waals surface area contributed by atoms with Crippen molar-refractivity contribution in [2.45, 2.75) is 19.8 Å². The number of hydrogen-bond donors (Lipinski definition) is 3. The van der Waals surface area contributed by atoms with Crippen LogP contribution in [0.5, 0.6) is 5.75 Å². The Balaban J connectivity index is 1.74. The molecule has 0 aliphatic heterocycles. The first kappa shape index (κ1) is 21.2. The topological polar surface area (TPSA) is 138 Å². The number of carbonyl (C=O) groups is 3. The first-order chi connectivity index (χ1) is 18.4. The largest absolute Gasteiger partial charge is 0.494 e. The van der Waals surface area contributed by atoms with Crippen molar-refractivity contribution in [1.82, 2.24) is 25.4 Å². The van der Waals surface area contributed by atoms with Crippen LogP contribution in [0.1, 0.15) is 42.8 Å². The van der Waals surface area contributed by atoms with Gasteiger partial charge in [0.05, 0.1) is 29.7 Å². The van der Waals surface area contributed by atoms with Crippen LogP contribution in [0.4, 0.5) is 17.2 Å². The molecule has 0 bridgehead atoms. The summed E-state index contributed by atoms with van der Waals surface area (Å²) in [6, 6.07) is 6.59. The Morgan fingerprint density at radius 2 is 1.97 bits per heavy atom. The van der Waals surface area contributed by atoms with Crippen LogP contribution >= 0.6 is 11.3 Å². The molecule has 2 aromatic heterocycles. The SMILES string of the molecule is [2H]C([2H])([2H])NC(=O)c1nnc(NC(=O)C2CC2)cc1Nc1cccc(-c2nc(C)c(C(=O)N(C)C)s2)c1OC. The molecule has 3 N–H and O–H groups in total. The Hall–Kier alpha value is -4.06. The molecule has 11 nitrogen and oxygen atoms in total. The molecule has 0 unspecified atom stereocenters. The maximum atomic E-state index is 12.7. The summed E-state index contributed by atoms with van der Waals surface area (Å²) in [6.45, 7) is -1.00. The van der Waals surface area contributed by atoms with Crippen molar-refractivity contribution in [1.29, 1.82) is 0 Å². The molecule has 0 atom stereocenters. The van der Waals surface area contributed by atoms with Crippen LogP contribution < -0.4 is 20.7 Å². The van der Waals surface area contributed by atoms with Crippen molar-refractivity contribution < 1.29 is 23.2 Å².